The molecule has 25 heavy (non-hydrogen) atoms. The predicted octanol–water partition coefficient (Wildman–Crippen LogP) is 3.72. The SMILES string of the molecule is CC(C)c1nc(C(=O)N2CCC([C@@H](O)Cc3ccccc3)CC2)cs1. The first kappa shape index (κ1) is 18.1. The van der Waals surface area contributed by atoms with Gasteiger partial charge in [-0.25, -0.2) is 4.98 Å². The molecule has 1 fully saturated rings. The second-order valence-electron chi connectivity index (χ2n) is 7.11. The minimum atomic E-state index is -0.341. The number of amides is 1. The first-order valence-corrected chi connectivity index (χ1v) is 9.89. The molecular formula is C20H26N2O2S. The Kier molecular flexibility index (Phi) is 5.86. The second kappa shape index (κ2) is 8.11. The number of carbonyl (C=O) groups is 1. The number of nitrogens with zero attached hydrogens (tertiary/aromatic N) is 2. The van der Waals surface area contributed by atoms with Crippen LogP contribution in [0, 0.1) is 5.92 Å². The smallest absolute Gasteiger partial charge is 0.273 e. The molecular weight excluding hydrogens is 332 g/mol. The quantitative estimate of drug-likeness (QED) is 0.886. The Morgan fingerprint density at radius 1 is 1.28 bits per heavy atom. The third-order valence-corrected chi connectivity index (χ3v) is 6.04. The van der Waals surface area contributed by atoms with Gasteiger partial charge in [0.05, 0.1) is 11.1 Å². The van der Waals surface area contributed by atoms with Crippen molar-refractivity contribution < 1.29 is 9.90 Å². The number of carbonyl (C=O) groups excluding carboxylic acids is 1. The lowest BCUT2D eigenvalue weighted by Crippen LogP contribution is -2.41. The molecule has 1 saturated heterocycles. The van der Waals surface area contributed by atoms with Crippen LogP contribution < -0.4 is 0 Å². The number of hydrogen-bond donors (Lipinski definition) is 1. The average molecular weight is 359 g/mol. The summed E-state index contributed by atoms with van der Waals surface area (Å²) in [7, 11) is 0. The molecule has 0 spiro atoms. The van der Waals surface area contributed by atoms with Crippen molar-refractivity contribution in [3.63, 3.8) is 0 Å². The normalized spacial score (nSPS) is 17.0. The molecule has 4 nitrogen and oxygen atoms in total. The molecule has 0 saturated carbocycles. The van der Waals surface area contributed by atoms with Crippen molar-refractivity contribution in [2.45, 2.75) is 45.1 Å². The number of aliphatic hydroxyl groups excluding tert-OH is 1. The third-order valence-electron chi connectivity index (χ3n) is 4.89. The highest BCUT2D eigenvalue weighted by Gasteiger charge is 2.29. The molecule has 0 unspecified atom stereocenters. The van der Waals surface area contributed by atoms with Gasteiger partial charge < -0.3 is 10.0 Å². The standard InChI is InChI=1S/C20H26N2O2S/c1-14(2)19-21-17(13-25-19)20(24)22-10-8-16(9-11-22)18(23)12-15-6-4-3-5-7-15/h3-7,13-14,16,18,23H,8-12H2,1-2H3/t18-/m0/s1. The van der Waals surface area contributed by atoms with Crippen molar-refractivity contribution in [3.05, 3.63) is 52.0 Å². The average Bonchev–Trinajstić information content (AvgIpc) is 3.12. The van der Waals surface area contributed by atoms with Gasteiger partial charge in [0, 0.05) is 24.4 Å². The maximum atomic E-state index is 12.6. The lowest BCUT2D eigenvalue weighted by atomic mass is 9.88. The highest BCUT2D eigenvalue weighted by molar-refractivity contribution is 7.09. The van der Waals surface area contributed by atoms with Gasteiger partial charge in [0.15, 0.2) is 0 Å². The zero-order chi connectivity index (χ0) is 17.8. The second-order valence-corrected chi connectivity index (χ2v) is 8.00. The van der Waals surface area contributed by atoms with Crippen LogP contribution in [0.5, 0.6) is 0 Å². The van der Waals surface area contributed by atoms with Crippen molar-refractivity contribution in [3.8, 4) is 0 Å². The van der Waals surface area contributed by atoms with Gasteiger partial charge in [-0.15, -0.1) is 11.3 Å². The van der Waals surface area contributed by atoms with Crippen molar-refractivity contribution in [2.24, 2.45) is 5.92 Å². The monoisotopic (exact) mass is 358 g/mol. The topological polar surface area (TPSA) is 53.4 Å². The Morgan fingerprint density at radius 2 is 1.96 bits per heavy atom. The van der Waals surface area contributed by atoms with E-state index in [1.807, 2.05) is 28.5 Å². The summed E-state index contributed by atoms with van der Waals surface area (Å²) in [5, 5.41) is 13.4. The number of aromatic nitrogens is 1. The number of aliphatic hydroxyl groups is 1. The van der Waals surface area contributed by atoms with E-state index in [9.17, 15) is 9.90 Å². The molecule has 2 aromatic rings. The van der Waals surface area contributed by atoms with Crippen molar-refractivity contribution in [2.75, 3.05) is 13.1 Å². The molecule has 1 aromatic heterocycles. The Morgan fingerprint density at radius 3 is 2.56 bits per heavy atom. The lowest BCUT2D eigenvalue weighted by molar-refractivity contribution is 0.0464. The molecule has 1 atom stereocenters. The number of hydrogen-bond acceptors (Lipinski definition) is 4. The third kappa shape index (κ3) is 4.47. The van der Waals surface area contributed by atoms with Crippen LogP contribution in [0.4, 0.5) is 0 Å². The summed E-state index contributed by atoms with van der Waals surface area (Å²) in [6.45, 7) is 5.58. The van der Waals surface area contributed by atoms with Gasteiger partial charge in [-0.1, -0.05) is 44.2 Å². The molecule has 5 heteroatoms. The Bertz CT molecular complexity index is 691. The highest BCUT2D eigenvalue weighted by Crippen LogP contribution is 2.25. The number of benzene rings is 1. The van der Waals surface area contributed by atoms with Crippen molar-refractivity contribution in [1.82, 2.24) is 9.88 Å². The zero-order valence-corrected chi connectivity index (χ0v) is 15.7. The summed E-state index contributed by atoms with van der Waals surface area (Å²) in [4.78, 5) is 19.0. The van der Waals surface area contributed by atoms with Crippen LogP contribution in [0.25, 0.3) is 0 Å². The van der Waals surface area contributed by atoms with Crippen molar-refractivity contribution >= 4 is 17.2 Å². The molecule has 1 N–H and O–H groups in total. The highest BCUT2D eigenvalue weighted by atomic mass is 32.1. The van der Waals surface area contributed by atoms with Gasteiger partial charge in [0.25, 0.3) is 5.91 Å². The molecule has 3 rings (SSSR count). The van der Waals surface area contributed by atoms with E-state index in [0.29, 0.717) is 31.1 Å². The summed E-state index contributed by atoms with van der Waals surface area (Å²) in [5.74, 6) is 0.635. The summed E-state index contributed by atoms with van der Waals surface area (Å²) < 4.78 is 0. The zero-order valence-electron chi connectivity index (χ0n) is 14.9. The summed E-state index contributed by atoms with van der Waals surface area (Å²) in [6.07, 6.45) is 2.04. The van der Waals surface area contributed by atoms with Crippen LogP contribution in [-0.2, 0) is 6.42 Å². The van der Waals surface area contributed by atoms with Crippen LogP contribution >= 0.6 is 11.3 Å². The van der Waals surface area contributed by atoms with E-state index in [2.05, 4.69) is 31.0 Å². The van der Waals surface area contributed by atoms with E-state index >= 15 is 0 Å². The maximum absolute atomic E-state index is 12.6. The van der Waals surface area contributed by atoms with Crippen LogP contribution in [0.1, 0.15) is 53.7 Å². The number of thiazole rings is 1. The summed E-state index contributed by atoms with van der Waals surface area (Å²) in [6, 6.07) is 10.1. The fourth-order valence-corrected chi connectivity index (χ4v) is 4.13. The van der Waals surface area contributed by atoms with Crippen LogP contribution in [0.2, 0.25) is 0 Å². The molecule has 1 aliphatic rings. The first-order chi connectivity index (χ1) is 12.0. The van der Waals surface area contributed by atoms with Gasteiger partial charge in [-0.3, -0.25) is 4.79 Å². The molecule has 134 valence electrons. The molecule has 2 heterocycles. The molecule has 1 aliphatic heterocycles. The Balaban J connectivity index is 1.53. The van der Waals surface area contributed by atoms with Crippen molar-refractivity contribution in [1.29, 1.82) is 0 Å². The van der Waals surface area contributed by atoms with E-state index in [1.54, 1.807) is 11.3 Å². The minimum Gasteiger partial charge on any atom is -0.392 e. The van der Waals surface area contributed by atoms with Crippen LogP contribution in [0.15, 0.2) is 35.7 Å². The minimum absolute atomic E-state index is 0.0270. The van der Waals surface area contributed by atoms with Gasteiger partial charge in [0.1, 0.15) is 5.69 Å². The number of rotatable bonds is 5. The molecule has 1 aromatic carbocycles. The summed E-state index contributed by atoms with van der Waals surface area (Å²) in [5.41, 5.74) is 1.73. The fourth-order valence-electron chi connectivity index (χ4n) is 3.32. The Hall–Kier alpha value is -1.72. The number of piperidine rings is 1. The van der Waals surface area contributed by atoms with Gasteiger partial charge in [-0.2, -0.15) is 0 Å². The molecule has 0 radical (unpaired) electrons. The fraction of sp³-hybridized carbons (Fsp3) is 0.500. The van der Waals surface area contributed by atoms with E-state index in [1.165, 1.54) is 0 Å². The van der Waals surface area contributed by atoms with Gasteiger partial charge in [-0.05, 0) is 30.7 Å². The first-order valence-electron chi connectivity index (χ1n) is 9.01. The van der Waals surface area contributed by atoms with E-state index in [0.717, 1.165) is 23.4 Å². The Labute approximate surface area is 153 Å². The van der Waals surface area contributed by atoms with Crippen LogP contribution in [0.3, 0.4) is 0 Å². The maximum Gasteiger partial charge on any atom is 0.273 e. The van der Waals surface area contributed by atoms with E-state index < -0.39 is 0 Å². The van der Waals surface area contributed by atoms with Crippen LogP contribution in [-0.4, -0.2) is 40.1 Å². The van der Waals surface area contributed by atoms with Gasteiger partial charge >= 0.3 is 0 Å². The van der Waals surface area contributed by atoms with Gasteiger partial charge in [0.2, 0.25) is 0 Å². The van der Waals surface area contributed by atoms with E-state index in [-0.39, 0.29) is 17.9 Å². The molecule has 0 aliphatic carbocycles. The molecule has 1 amide bonds. The molecule has 0 bridgehead atoms. The largest absolute Gasteiger partial charge is 0.392 e. The number of likely N-dealkylation sites (tertiary alicyclic amines) is 1. The summed E-state index contributed by atoms with van der Waals surface area (Å²) >= 11 is 1.56. The lowest BCUT2D eigenvalue weighted by Gasteiger charge is -2.34. The predicted molar refractivity (Wildman–Crippen MR) is 101 cm³/mol. The van der Waals surface area contributed by atoms with E-state index in [4.69, 9.17) is 0 Å².